The molecule has 1 saturated carbocycles. The highest BCUT2D eigenvalue weighted by molar-refractivity contribution is 5.69. The van der Waals surface area contributed by atoms with E-state index in [2.05, 4.69) is 0 Å². The van der Waals surface area contributed by atoms with E-state index in [0.717, 1.165) is 25.7 Å². The molecule has 0 aromatic heterocycles. The molecule has 0 saturated heterocycles. The van der Waals surface area contributed by atoms with Crippen molar-refractivity contribution in [3.63, 3.8) is 0 Å². The van der Waals surface area contributed by atoms with Crippen molar-refractivity contribution in [1.82, 2.24) is 9.91 Å². The van der Waals surface area contributed by atoms with E-state index < -0.39 is 0 Å². The molecule has 1 amide bonds. The smallest absolute Gasteiger partial charge is 0.410 e. The number of benzene rings is 1. The maximum absolute atomic E-state index is 12.2. The quantitative estimate of drug-likeness (QED) is 0.560. The van der Waals surface area contributed by atoms with Gasteiger partial charge in [-0.05, 0) is 42.7 Å². The number of phenolic OH excluding ortho intramolecular Hbond substituents is 1. The lowest BCUT2D eigenvalue weighted by molar-refractivity contribution is 0.0999. The lowest BCUT2D eigenvalue weighted by atomic mass is 10.1. The van der Waals surface area contributed by atoms with Crippen molar-refractivity contribution in [3.8, 4) is 5.75 Å². The van der Waals surface area contributed by atoms with E-state index in [-0.39, 0.29) is 24.5 Å². The molecular formula is C17H26N4O3. The molecule has 1 aliphatic rings. The summed E-state index contributed by atoms with van der Waals surface area (Å²) in [5, 5.41) is 10.7. The molecule has 7 heteroatoms. The van der Waals surface area contributed by atoms with Crippen LogP contribution in [0.3, 0.4) is 0 Å². The summed E-state index contributed by atoms with van der Waals surface area (Å²) < 4.78 is 5.38. The Kier molecular flexibility index (Phi) is 5.92. The predicted octanol–water partition coefficient (Wildman–Crippen LogP) is 1.84. The number of carbonyl (C=O) groups excluding carboxylic acids is 1. The molecule has 1 aromatic carbocycles. The zero-order chi connectivity index (χ0) is 17.7. The van der Waals surface area contributed by atoms with E-state index in [4.69, 9.17) is 16.3 Å². The summed E-state index contributed by atoms with van der Waals surface area (Å²) in [6.07, 6.45) is 3.95. The number of carbonyl (C=O) groups is 1. The molecule has 0 aliphatic heterocycles. The van der Waals surface area contributed by atoms with Crippen molar-refractivity contribution < 1.29 is 14.6 Å². The minimum atomic E-state index is -0.375. The number of rotatable bonds is 5. The maximum atomic E-state index is 12.2. The van der Waals surface area contributed by atoms with Crippen LogP contribution in [0.1, 0.15) is 31.2 Å². The van der Waals surface area contributed by atoms with E-state index in [1.54, 1.807) is 31.1 Å². The molecule has 132 valence electrons. The van der Waals surface area contributed by atoms with Crippen LogP contribution in [-0.4, -0.2) is 47.9 Å². The van der Waals surface area contributed by atoms with Crippen LogP contribution in [-0.2, 0) is 4.74 Å². The lowest BCUT2D eigenvalue weighted by Crippen LogP contribution is -2.37. The Morgan fingerprint density at radius 3 is 2.38 bits per heavy atom. The van der Waals surface area contributed by atoms with E-state index in [1.807, 2.05) is 0 Å². The second kappa shape index (κ2) is 7.92. The third kappa shape index (κ3) is 4.32. The molecule has 5 N–H and O–H groups in total. The van der Waals surface area contributed by atoms with Gasteiger partial charge in [-0.1, -0.05) is 12.8 Å². The fourth-order valence-electron chi connectivity index (χ4n) is 2.85. The summed E-state index contributed by atoms with van der Waals surface area (Å²) in [6.45, 7) is -0.0183. The van der Waals surface area contributed by atoms with Crippen LogP contribution in [0.25, 0.3) is 5.70 Å². The number of likely N-dealkylation sites (N-methyl/N-ethyl adjacent to an activating group) is 1. The second-order valence-electron chi connectivity index (χ2n) is 6.12. The second-order valence-corrected chi connectivity index (χ2v) is 6.12. The molecule has 2 rings (SSSR count). The van der Waals surface area contributed by atoms with Gasteiger partial charge in [0.25, 0.3) is 0 Å². The van der Waals surface area contributed by atoms with Crippen molar-refractivity contribution in [2.24, 2.45) is 11.6 Å². The summed E-state index contributed by atoms with van der Waals surface area (Å²) in [4.78, 5) is 13.9. The molecule has 0 bridgehead atoms. The SMILES string of the molecule is CN(N)/C(COC(=O)N(C)C1CCCC1)=C(\N)c1ccc(O)cc1. The van der Waals surface area contributed by atoms with Crippen molar-refractivity contribution in [1.29, 1.82) is 0 Å². The van der Waals surface area contributed by atoms with Crippen LogP contribution in [0, 0.1) is 0 Å². The number of hydrazine groups is 1. The minimum absolute atomic E-state index is 0.0183. The van der Waals surface area contributed by atoms with Gasteiger partial charge >= 0.3 is 6.09 Å². The highest BCUT2D eigenvalue weighted by Crippen LogP contribution is 2.23. The summed E-state index contributed by atoms with van der Waals surface area (Å²) in [5.41, 5.74) is 7.73. The first kappa shape index (κ1) is 17.9. The molecular weight excluding hydrogens is 308 g/mol. The van der Waals surface area contributed by atoms with Gasteiger partial charge in [0.15, 0.2) is 0 Å². The van der Waals surface area contributed by atoms with Crippen molar-refractivity contribution in [3.05, 3.63) is 35.5 Å². The first-order chi connectivity index (χ1) is 11.4. The van der Waals surface area contributed by atoms with Gasteiger partial charge in [-0.3, -0.25) is 0 Å². The van der Waals surface area contributed by atoms with Crippen LogP contribution >= 0.6 is 0 Å². The highest BCUT2D eigenvalue weighted by Gasteiger charge is 2.25. The topological polar surface area (TPSA) is 105 Å². The average Bonchev–Trinajstić information content (AvgIpc) is 3.08. The van der Waals surface area contributed by atoms with Crippen LogP contribution < -0.4 is 11.6 Å². The van der Waals surface area contributed by atoms with Gasteiger partial charge in [-0.25, -0.2) is 10.6 Å². The molecule has 0 heterocycles. The number of ether oxygens (including phenoxy) is 1. The Balaban J connectivity index is 2.06. The minimum Gasteiger partial charge on any atom is -0.508 e. The summed E-state index contributed by atoms with van der Waals surface area (Å²) >= 11 is 0. The third-order valence-electron chi connectivity index (χ3n) is 4.41. The third-order valence-corrected chi connectivity index (χ3v) is 4.41. The highest BCUT2D eigenvalue weighted by atomic mass is 16.6. The van der Waals surface area contributed by atoms with Crippen LogP contribution in [0.5, 0.6) is 5.75 Å². The van der Waals surface area contributed by atoms with Crippen LogP contribution in [0.4, 0.5) is 4.79 Å². The van der Waals surface area contributed by atoms with E-state index in [1.165, 1.54) is 17.1 Å². The number of nitrogens with zero attached hydrogens (tertiary/aromatic N) is 2. The Labute approximate surface area is 142 Å². The van der Waals surface area contributed by atoms with Crippen LogP contribution in [0.15, 0.2) is 30.0 Å². The lowest BCUT2D eigenvalue weighted by Gasteiger charge is -2.25. The maximum Gasteiger partial charge on any atom is 0.410 e. The van der Waals surface area contributed by atoms with E-state index in [0.29, 0.717) is 17.0 Å². The van der Waals surface area contributed by atoms with Gasteiger partial charge < -0.3 is 25.5 Å². The molecule has 24 heavy (non-hydrogen) atoms. The first-order valence-electron chi connectivity index (χ1n) is 8.06. The van der Waals surface area contributed by atoms with Crippen molar-refractivity contribution in [2.75, 3.05) is 20.7 Å². The largest absolute Gasteiger partial charge is 0.508 e. The van der Waals surface area contributed by atoms with E-state index in [9.17, 15) is 9.90 Å². The molecule has 1 fully saturated rings. The van der Waals surface area contributed by atoms with Gasteiger partial charge in [-0.15, -0.1) is 0 Å². The molecule has 0 atom stereocenters. The molecule has 7 nitrogen and oxygen atoms in total. The Bertz CT molecular complexity index is 592. The monoisotopic (exact) mass is 334 g/mol. The standard InChI is InChI=1S/C17H26N4O3/c1-20(13-5-3-4-6-13)17(23)24-11-15(21(2)19)16(18)12-7-9-14(22)10-8-12/h7-10,13,22H,3-6,11,18-19H2,1-2H3/b16-15-. The van der Waals surface area contributed by atoms with Gasteiger partial charge in [-0.2, -0.15) is 0 Å². The predicted molar refractivity (Wildman–Crippen MR) is 92.5 cm³/mol. The van der Waals surface area contributed by atoms with Gasteiger partial charge in [0.1, 0.15) is 12.4 Å². The van der Waals surface area contributed by atoms with Gasteiger partial charge in [0.2, 0.25) is 0 Å². The Morgan fingerprint density at radius 2 is 1.83 bits per heavy atom. The average molecular weight is 334 g/mol. The molecule has 1 aliphatic carbocycles. The molecule has 0 unspecified atom stereocenters. The Morgan fingerprint density at radius 1 is 1.25 bits per heavy atom. The number of amides is 1. The number of hydrogen-bond donors (Lipinski definition) is 3. The van der Waals surface area contributed by atoms with Crippen molar-refractivity contribution in [2.45, 2.75) is 31.7 Å². The molecule has 0 spiro atoms. The first-order valence-corrected chi connectivity index (χ1v) is 8.06. The normalized spacial score (nSPS) is 15.8. The number of nitrogens with two attached hydrogens (primary N) is 2. The molecule has 0 radical (unpaired) electrons. The Hall–Kier alpha value is -2.41. The summed E-state index contributed by atoms with van der Waals surface area (Å²) in [6, 6.07) is 6.68. The number of aromatic hydroxyl groups is 1. The summed E-state index contributed by atoms with van der Waals surface area (Å²) in [7, 11) is 3.40. The fraction of sp³-hybridized carbons (Fsp3) is 0.471. The van der Waals surface area contributed by atoms with Crippen LogP contribution in [0.2, 0.25) is 0 Å². The molecule has 1 aromatic rings. The van der Waals surface area contributed by atoms with Gasteiger partial charge in [0, 0.05) is 20.1 Å². The number of phenols is 1. The van der Waals surface area contributed by atoms with E-state index >= 15 is 0 Å². The van der Waals surface area contributed by atoms with Gasteiger partial charge in [0.05, 0.1) is 11.4 Å². The zero-order valence-electron chi connectivity index (χ0n) is 14.2. The summed E-state index contributed by atoms with van der Waals surface area (Å²) in [5.74, 6) is 5.98. The van der Waals surface area contributed by atoms with Crippen molar-refractivity contribution >= 4 is 11.8 Å². The number of hydrogen-bond acceptors (Lipinski definition) is 6. The fourth-order valence-corrected chi connectivity index (χ4v) is 2.85. The zero-order valence-corrected chi connectivity index (χ0v) is 14.2.